The molecule has 0 radical (unpaired) electrons. The summed E-state index contributed by atoms with van der Waals surface area (Å²) in [5.74, 6) is -0.230. The van der Waals surface area contributed by atoms with Crippen molar-refractivity contribution >= 4 is 38.9 Å². The first-order chi connectivity index (χ1) is 11.6. The number of anilines is 1. The molecule has 0 aliphatic carbocycles. The van der Waals surface area contributed by atoms with Crippen molar-refractivity contribution in [2.45, 2.75) is 12.3 Å². The molecule has 0 spiro atoms. The molecule has 2 aromatic carbocycles. The molecule has 1 aliphatic rings. The number of carbonyl (C=O) groups excluding carboxylic acids is 1. The molecule has 1 aliphatic heterocycles. The Bertz CT molecular complexity index is 919. The van der Waals surface area contributed by atoms with E-state index in [-0.39, 0.29) is 17.6 Å². The van der Waals surface area contributed by atoms with Crippen molar-refractivity contribution in [2.24, 2.45) is 0 Å². The highest BCUT2D eigenvalue weighted by Gasteiger charge is 2.31. The molecule has 0 bridgehead atoms. The minimum Gasteiger partial charge on any atom is -0.325 e. The Labute approximate surface area is 151 Å². The molecule has 4 rings (SSSR count). The number of carbonyl (C=O) groups is 1. The first-order valence-electron chi connectivity index (χ1n) is 7.55. The maximum Gasteiger partial charge on any atom is 0.225 e. The van der Waals surface area contributed by atoms with Crippen LogP contribution in [0.4, 0.5) is 10.1 Å². The van der Waals surface area contributed by atoms with Gasteiger partial charge in [-0.2, -0.15) is 0 Å². The van der Waals surface area contributed by atoms with Gasteiger partial charge in [0.05, 0.1) is 5.69 Å². The summed E-state index contributed by atoms with van der Waals surface area (Å²) in [6.07, 6.45) is 0.430. The molecule has 1 amide bonds. The van der Waals surface area contributed by atoms with Crippen molar-refractivity contribution in [1.82, 2.24) is 0 Å². The molecular formula is C19H13BrFNOS. The summed E-state index contributed by atoms with van der Waals surface area (Å²) >= 11 is 5.23. The third-order valence-corrected chi connectivity index (χ3v) is 6.04. The highest BCUT2D eigenvalue weighted by molar-refractivity contribution is 9.10. The van der Waals surface area contributed by atoms with E-state index in [9.17, 15) is 9.18 Å². The molecular weight excluding hydrogens is 389 g/mol. The second-order valence-electron chi connectivity index (χ2n) is 5.72. The van der Waals surface area contributed by atoms with Crippen LogP contribution in [0.3, 0.4) is 0 Å². The summed E-state index contributed by atoms with van der Waals surface area (Å²) in [4.78, 5) is 13.4. The fourth-order valence-corrected chi connectivity index (χ4v) is 4.79. The second kappa shape index (κ2) is 6.15. The molecule has 120 valence electrons. The smallest absolute Gasteiger partial charge is 0.225 e. The zero-order chi connectivity index (χ0) is 16.7. The Morgan fingerprint density at radius 3 is 2.62 bits per heavy atom. The lowest BCUT2D eigenvalue weighted by Crippen LogP contribution is -2.22. The molecule has 0 saturated carbocycles. The maximum atomic E-state index is 13.2. The van der Waals surface area contributed by atoms with E-state index in [0.717, 1.165) is 31.7 Å². The van der Waals surface area contributed by atoms with Gasteiger partial charge in [0, 0.05) is 32.6 Å². The third kappa shape index (κ3) is 2.68. The quantitative estimate of drug-likeness (QED) is 0.578. The van der Waals surface area contributed by atoms with Gasteiger partial charge in [0.2, 0.25) is 5.91 Å². The van der Waals surface area contributed by atoms with Crippen molar-refractivity contribution in [3.8, 4) is 11.1 Å². The van der Waals surface area contributed by atoms with Gasteiger partial charge in [-0.15, -0.1) is 11.3 Å². The van der Waals surface area contributed by atoms with Crippen LogP contribution in [0, 0.1) is 5.82 Å². The SMILES string of the molecule is O=C1C[C@@H](c2ccccc2Br)c2scc(-c3ccc(F)cc3)c2N1. The molecule has 0 fully saturated rings. The predicted octanol–water partition coefficient (Wildman–Crippen LogP) is 5.79. The molecule has 0 unspecified atom stereocenters. The van der Waals surface area contributed by atoms with Crippen LogP contribution in [0.25, 0.3) is 11.1 Å². The number of halogens is 2. The Kier molecular flexibility index (Phi) is 3.98. The number of thiophene rings is 1. The summed E-state index contributed by atoms with van der Waals surface area (Å²) in [7, 11) is 0. The number of amides is 1. The standard InChI is InChI=1S/C19H13BrFNOS/c20-16-4-2-1-3-13(16)14-9-17(23)22-18-15(10-24-19(14)18)11-5-7-12(21)8-6-11/h1-8,10,14H,9H2,(H,22,23)/t14-/m0/s1. The van der Waals surface area contributed by atoms with E-state index < -0.39 is 0 Å². The number of fused-ring (bicyclic) bond motifs is 1. The minimum atomic E-state index is -0.266. The van der Waals surface area contributed by atoms with Gasteiger partial charge in [0.15, 0.2) is 0 Å². The predicted molar refractivity (Wildman–Crippen MR) is 98.9 cm³/mol. The van der Waals surface area contributed by atoms with E-state index in [1.54, 1.807) is 23.5 Å². The molecule has 1 atom stereocenters. The van der Waals surface area contributed by atoms with Crippen molar-refractivity contribution in [2.75, 3.05) is 5.32 Å². The average molecular weight is 402 g/mol. The number of nitrogens with one attached hydrogen (secondary N) is 1. The topological polar surface area (TPSA) is 29.1 Å². The first kappa shape index (κ1) is 15.5. The van der Waals surface area contributed by atoms with Gasteiger partial charge in [-0.05, 0) is 29.3 Å². The highest BCUT2D eigenvalue weighted by atomic mass is 79.9. The zero-order valence-corrected chi connectivity index (χ0v) is 15.0. The van der Waals surface area contributed by atoms with Crippen LogP contribution in [-0.2, 0) is 4.79 Å². The van der Waals surface area contributed by atoms with Crippen LogP contribution in [0.5, 0.6) is 0 Å². The van der Waals surface area contributed by atoms with Crippen molar-refractivity contribution in [1.29, 1.82) is 0 Å². The number of rotatable bonds is 2. The zero-order valence-electron chi connectivity index (χ0n) is 12.6. The van der Waals surface area contributed by atoms with E-state index in [1.807, 2.05) is 23.6 Å². The van der Waals surface area contributed by atoms with E-state index in [0.29, 0.717) is 6.42 Å². The summed E-state index contributed by atoms with van der Waals surface area (Å²) in [6, 6.07) is 14.4. The van der Waals surface area contributed by atoms with Crippen molar-refractivity contribution < 1.29 is 9.18 Å². The Morgan fingerprint density at radius 2 is 1.88 bits per heavy atom. The Morgan fingerprint density at radius 1 is 1.12 bits per heavy atom. The van der Waals surface area contributed by atoms with E-state index in [1.165, 1.54) is 12.1 Å². The number of hydrogen-bond acceptors (Lipinski definition) is 2. The van der Waals surface area contributed by atoms with Crippen molar-refractivity contribution in [3.05, 3.63) is 74.6 Å². The minimum absolute atomic E-state index is 0.00464. The van der Waals surface area contributed by atoms with Crippen LogP contribution in [0.1, 0.15) is 22.8 Å². The molecule has 24 heavy (non-hydrogen) atoms. The summed E-state index contributed by atoms with van der Waals surface area (Å²) in [6.45, 7) is 0. The lowest BCUT2D eigenvalue weighted by molar-refractivity contribution is -0.116. The maximum absolute atomic E-state index is 13.2. The fraction of sp³-hybridized carbons (Fsp3) is 0.105. The lowest BCUT2D eigenvalue weighted by atomic mass is 9.89. The molecule has 5 heteroatoms. The van der Waals surface area contributed by atoms with Crippen LogP contribution in [-0.4, -0.2) is 5.91 Å². The van der Waals surface area contributed by atoms with Crippen LogP contribution >= 0.6 is 27.3 Å². The van der Waals surface area contributed by atoms with Gasteiger partial charge in [-0.1, -0.05) is 46.3 Å². The van der Waals surface area contributed by atoms with Gasteiger partial charge >= 0.3 is 0 Å². The second-order valence-corrected chi connectivity index (χ2v) is 7.49. The van der Waals surface area contributed by atoms with Gasteiger partial charge < -0.3 is 5.32 Å². The molecule has 0 saturated heterocycles. The lowest BCUT2D eigenvalue weighted by Gasteiger charge is -2.24. The Hall–Kier alpha value is -1.98. The molecule has 1 N–H and O–H groups in total. The summed E-state index contributed by atoms with van der Waals surface area (Å²) in [5, 5.41) is 5.04. The van der Waals surface area contributed by atoms with Gasteiger partial charge in [-0.25, -0.2) is 4.39 Å². The van der Waals surface area contributed by atoms with E-state index in [4.69, 9.17) is 0 Å². The third-order valence-electron chi connectivity index (χ3n) is 4.23. The Balaban J connectivity index is 1.83. The van der Waals surface area contributed by atoms with E-state index in [2.05, 4.69) is 27.3 Å². The van der Waals surface area contributed by atoms with Crippen LogP contribution < -0.4 is 5.32 Å². The average Bonchev–Trinajstić information content (AvgIpc) is 2.99. The van der Waals surface area contributed by atoms with E-state index >= 15 is 0 Å². The van der Waals surface area contributed by atoms with Crippen molar-refractivity contribution in [3.63, 3.8) is 0 Å². The largest absolute Gasteiger partial charge is 0.325 e. The molecule has 3 aromatic rings. The fourth-order valence-electron chi connectivity index (χ4n) is 3.08. The van der Waals surface area contributed by atoms with Crippen LogP contribution in [0.15, 0.2) is 58.4 Å². The molecule has 2 nitrogen and oxygen atoms in total. The number of hydrogen-bond donors (Lipinski definition) is 1. The highest BCUT2D eigenvalue weighted by Crippen LogP contribution is 2.47. The summed E-state index contributed by atoms with van der Waals surface area (Å²) < 4.78 is 14.2. The van der Waals surface area contributed by atoms with Crippen LogP contribution in [0.2, 0.25) is 0 Å². The first-order valence-corrected chi connectivity index (χ1v) is 9.22. The number of benzene rings is 2. The van der Waals surface area contributed by atoms with Gasteiger partial charge in [0.1, 0.15) is 5.82 Å². The monoisotopic (exact) mass is 401 g/mol. The van der Waals surface area contributed by atoms with Gasteiger partial charge in [0.25, 0.3) is 0 Å². The normalized spacial score (nSPS) is 16.6. The summed E-state index contributed by atoms with van der Waals surface area (Å²) in [5.41, 5.74) is 3.81. The van der Waals surface area contributed by atoms with Gasteiger partial charge in [-0.3, -0.25) is 4.79 Å². The molecule has 1 aromatic heterocycles. The molecule has 2 heterocycles.